The number of nitrogens with one attached hydrogen (secondary N) is 1. The van der Waals surface area contributed by atoms with Crippen LogP contribution in [0.4, 0.5) is 11.6 Å². The summed E-state index contributed by atoms with van der Waals surface area (Å²) >= 11 is 0. The van der Waals surface area contributed by atoms with Crippen LogP contribution in [-0.2, 0) is 9.59 Å². The van der Waals surface area contributed by atoms with Crippen LogP contribution < -0.4 is 11.1 Å². The topological polar surface area (TPSA) is 114 Å². The molecular weight excluding hydrogens is 380 g/mol. The second-order valence-electron chi connectivity index (χ2n) is 7.43. The minimum Gasteiger partial charge on any atom is -0.383 e. The van der Waals surface area contributed by atoms with Gasteiger partial charge in [-0.3, -0.25) is 14.6 Å². The van der Waals surface area contributed by atoms with Crippen LogP contribution in [0, 0.1) is 6.92 Å². The Bertz CT molecular complexity index is 1210. The highest BCUT2D eigenvalue weighted by Gasteiger charge is 2.26. The molecule has 0 aromatic carbocycles. The molecule has 0 spiro atoms. The molecule has 0 aliphatic carbocycles. The van der Waals surface area contributed by atoms with Crippen LogP contribution in [-0.4, -0.2) is 44.8 Å². The van der Waals surface area contributed by atoms with Gasteiger partial charge in [-0.2, -0.15) is 0 Å². The summed E-state index contributed by atoms with van der Waals surface area (Å²) in [4.78, 5) is 38.6. The lowest BCUT2D eigenvalue weighted by Crippen LogP contribution is -2.44. The third-order valence-electron chi connectivity index (χ3n) is 5.38. The fraction of sp³-hybridized carbons (Fsp3) is 0.227. The summed E-state index contributed by atoms with van der Waals surface area (Å²) in [6.45, 7) is 6.26. The van der Waals surface area contributed by atoms with Gasteiger partial charge in [0.05, 0.1) is 5.69 Å². The van der Waals surface area contributed by atoms with E-state index >= 15 is 0 Å². The van der Waals surface area contributed by atoms with Gasteiger partial charge in [-0.15, -0.1) is 0 Å². The number of rotatable bonds is 3. The van der Waals surface area contributed by atoms with Crippen molar-refractivity contribution in [3.8, 4) is 11.3 Å². The summed E-state index contributed by atoms with van der Waals surface area (Å²) in [5.41, 5.74) is 10.4. The van der Waals surface area contributed by atoms with Gasteiger partial charge in [-0.1, -0.05) is 0 Å². The molecule has 3 aromatic rings. The Morgan fingerprint density at radius 1 is 1.17 bits per heavy atom. The molecule has 0 bridgehead atoms. The Balaban J connectivity index is 1.62. The summed E-state index contributed by atoms with van der Waals surface area (Å²) in [6.07, 6.45) is 5.09. The van der Waals surface area contributed by atoms with Crippen molar-refractivity contribution >= 4 is 34.2 Å². The Morgan fingerprint density at radius 2 is 1.93 bits per heavy atom. The third kappa shape index (κ3) is 3.59. The Hall–Kier alpha value is -3.81. The van der Waals surface area contributed by atoms with Crippen LogP contribution in [0.2, 0.25) is 0 Å². The Kier molecular flexibility index (Phi) is 4.91. The molecule has 30 heavy (non-hydrogen) atoms. The number of nitrogen functional groups attached to an aromatic ring is 1. The van der Waals surface area contributed by atoms with E-state index < -0.39 is 0 Å². The first-order chi connectivity index (χ1) is 14.3. The zero-order valence-electron chi connectivity index (χ0n) is 17.1. The predicted octanol–water partition coefficient (Wildman–Crippen LogP) is 2.70. The Labute approximate surface area is 173 Å². The van der Waals surface area contributed by atoms with Gasteiger partial charge in [0, 0.05) is 55.1 Å². The molecule has 8 heteroatoms. The number of anilines is 2. The number of nitrogens with zero attached hydrogens (tertiary/aromatic N) is 4. The SMILES string of the molecule is CC(=O)N1CC(=C(C)C(=O)Nc2cc3cc(-c4cnccc4C)nc(N)c3cn2)C1. The fourth-order valence-electron chi connectivity index (χ4n) is 3.36. The van der Waals surface area contributed by atoms with Gasteiger partial charge in [0.2, 0.25) is 5.91 Å². The van der Waals surface area contributed by atoms with E-state index in [1.54, 1.807) is 36.5 Å². The van der Waals surface area contributed by atoms with Crippen LogP contribution in [0.15, 0.2) is 47.9 Å². The summed E-state index contributed by atoms with van der Waals surface area (Å²) in [7, 11) is 0. The fourth-order valence-corrected chi connectivity index (χ4v) is 3.36. The number of nitrogens with two attached hydrogens (primary N) is 1. The van der Waals surface area contributed by atoms with E-state index in [0.29, 0.717) is 41.4 Å². The molecule has 2 amide bonds. The van der Waals surface area contributed by atoms with E-state index in [4.69, 9.17) is 5.73 Å². The maximum Gasteiger partial charge on any atom is 0.252 e. The van der Waals surface area contributed by atoms with Crippen molar-refractivity contribution in [2.24, 2.45) is 0 Å². The zero-order chi connectivity index (χ0) is 21.4. The van der Waals surface area contributed by atoms with Crippen molar-refractivity contribution < 1.29 is 9.59 Å². The molecule has 1 saturated heterocycles. The highest BCUT2D eigenvalue weighted by Crippen LogP contribution is 2.28. The smallest absolute Gasteiger partial charge is 0.252 e. The number of likely N-dealkylation sites (tertiary alicyclic amines) is 1. The van der Waals surface area contributed by atoms with Crippen molar-refractivity contribution in [3.63, 3.8) is 0 Å². The van der Waals surface area contributed by atoms with Gasteiger partial charge in [-0.05, 0) is 48.6 Å². The quantitative estimate of drug-likeness (QED) is 0.651. The molecular formula is C22H22N6O2. The molecule has 4 rings (SSSR count). The number of aromatic nitrogens is 3. The van der Waals surface area contributed by atoms with E-state index in [2.05, 4.69) is 20.3 Å². The number of hydrogen-bond donors (Lipinski definition) is 2. The van der Waals surface area contributed by atoms with E-state index in [-0.39, 0.29) is 11.8 Å². The largest absolute Gasteiger partial charge is 0.383 e. The van der Waals surface area contributed by atoms with Crippen LogP contribution in [0.5, 0.6) is 0 Å². The lowest BCUT2D eigenvalue weighted by molar-refractivity contribution is -0.130. The van der Waals surface area contributed by atoms with Crippen molar-refractivity contribution in [1.29, 1.82) is 0 Å². The first-order valence-electron chi connectivity index (χ1n) is 9.56. The van der Waals surface area contributed by atoms with Gasteiger partial charge >= 0.3 is 0 Å². The third-order valence-corrected chi connectivity index (χ3v) is 5.38. The summed E-state index contributed by atoms with van der Waals surface area (Å²) in [5, 5.41) is 4.37. The van der Waals surface area contributed by atoms with Gasteiger partial charge in [-0.25, -0.2) is 9.97 Å². The maximum absolute atomic E-state index is 12.6. The van der Waals surface area contributed by atoms with Gasteiger partial charge in [0.25, 0.3) is 5.91 Å². The first-order valence-corrected chi connectivity index (χ1v) is 9.56. The molecule has 0 unspecified atom stereocenters. The molecule has 3 aromatic heterocycles. The standard InChI is InChI=1S/C22H22N6O2/c1-12-4-5-24-8-17(12)19-6-15-7-20(25-9-18(15)21(23)26-19)27-22(30)13(2)16-10-28(11-16)14(3)29/h4-9H,10-11H2,1-3H3,(H2,23,26)(H,25,27,30). The lowest BCUT2D eigenvalue weighted by Gasteiger charge is -2.34. The van der Waals surface area contributed by atoms with Gasteiger partial charge in [0.15, 0.2) is 0 Å². The molecule has 1 aliphatic heterocycles. The highest BCUT2D eigenvalue weighted by atomic mass is 16.2. The van der Waals surface area contributed by atoms with Crippen molar-refractivity contribution in [3.05, 3.63) is 53.5 Å². The number of amides is 2. The summed E-state index contributed by atoms with van der Waals surface area (Å²) in [6, 6.07) is 5.61. The van der Waals surface area contributed by atoms with Crippen molar-refractivity contribution in [2.75, 3.05) is 24.1 Å². The van der Waals surface area contributed by atoms with Crippen LogP contribution in [0.3, 0.4) is 0 Å². The minimum absolute atomic E-state index is 0.00834. The Morgan fingerprint density at radius 3 is 2.63 bits per heavy atom. The van der Waals surface area contributed by atoms with E-state index in [1.165, 1.54) is 6.92 Å². The zero-order valence-corrected chi connectivity index (χ0v) is 17.1. The summed E-state index contributed by atoms with van der Waals surface area (Å²) < 4.78 is 0. The van der Waals surface area contributed by atoms with E-state index in [1.807, 2.05) is 19.1 Å². The van der Waals surface area contributed by atoms with Crippen LogP contribution in [0.1, 0.15) is 19.4 Å². The molecule has 0 radical (unpaired) electrons. The maximum atomic E-state index is 12.6. The predicted molar refractivity (Wildman–Crippen MR) is 116 cm³/mol. The molecule has 152 valence electrons. The average molecular weight is 402 g/mol. The van der Waals surface area contributed by atoms with E-state index in [0.717, 1.165) is 22.1 Å². The second-order valence-corrected chi connectivity index (χ2v) is 7.43. The normalized spacial score (nSPS) is 13.2. The highest BCUT2D eigenvalue weighted by molar-refractivity contribution is 6.05. The molecule has 3 N–H and O–H groups in total. The van der Waals surface area contributed by atoms with E-state index in [9.17, 15) is 9.59 Å². The molecule has 4 heterocycles. The molecule has 0 atom stereocenters. The van der Waals surface area contributed by atoms with Gasteiger partial charge in [0.1, 0.15) is 11.6 Å². The average Bonchev–Trinajstić information content (AvgIpc) is 2.66. The van der Waals surface area contributed by atoms with Crippen LogP contribution >= 0.6 is 0 Å². The number of hydrogen-bond acceptors (Lipinski definition) is 6. The molecule has 8 nitrogen and oxygen atoms in total. The molecule has 1 aliphatic rings. The number of carbonyl (C=O) groups excluding carboxylic acids is 2. The number of aryl methyl sites for hydroxylation is 1. The first kappa shape index (κ1) is 19.5. The monoisotopic (exact) mass is 402 g/mol. The molecule has 0 saturated carbocycles. The number of pyridine rings is 3. The minimum atomic E-state index is -0.231. The van der Waals surface area contributed by atoms with Gasteiger partial charge < -0.3 is 16.0 Å². The number of fused-ring (bicyclic) bond motifs is 1. The second kappa shape index (κ2) is 7.55. The van der Waals surface area contributed by atoms with Crippen LogP contribution in [0.25, 0.3) is 22.0 Å². The van der Waals surface area contributed by atoms with Crippen molar-refractivity contribution in [1.82, 2.24) is 19.9 Å². The summed E-state index contributed by atoms with van der Waals surface area (Å²) in [5.74, 6) is 0.572. The number of carbonyl (C=O) groups is 2. The molecule has 1 fully saturated rings. The van der Waals surface area contributed by atoms with Crippen molar-refractivity contribution in [2.45, 2.75) is 20.8 Å². The lowest BCUT2D eigenvalue weighted by atomic mass is 10.0.